The quantitative estimate of drug-likeness (QED) is 0.573. The second-order valence-corrected chi connectivity index (χ2v) is 9.68. The van der Waals surface area contributed by atoms with Gasteiger partial charge in [0, 0.05) is 46.3 Å². The molecule has 1 heterocycles. The second kappa shape index (κ2) is 10.2. The fourth-order valence-corrected chi connectivity index (χ4v) is 5.47. The zero-order valence-electron chi connectivity index (χ0n) is 15.1. The van der Waals surface area contributed by atoms with Gasteiger partial charge in [0.1, 0.15) is 0 Å². The Kier molecular flexibility index (Phi) is 8.25. The minimum atomic E-state index is -0.680. The van der Waals surface area contributed by atoms with Gasteiger partial charge in [0.25, 0.3) is 0 Å². The van der Waals surface area contributed by atoms with Gasteiger partial charge in [-0.2, -0.15) is 0 Å². The normalized spacial score (nSPS) is 24.4. The third kappa shape index (κ3) is 6.20. The number of guanidine groups is 1. The van der Waals surface area contributed by atoms with Crippen molar-refractivity contribution in [1.82, 2.24) is 10.6 Å². The van der Waals surface area contributed by atoms with Gasteiger partial charge in [0.2, 0.25) is 0 Å². The van der Waals surface area contributed by atoms with Crippen molar-refractivity contribution in [2.24, 2.45) is 10.9 Å². The average Bonchev–Trinajstić information content (AvgIpc) is 3.11. The molecule has 0 aromatic carbocycles. The van der Waals surface area contributed by atoms with Crippen molar-refractivity contribution in [2.75, 3.05) is 19.3 Å². The summed E-state index contributed by atoms with van der Waals surface area (Å²) in [6.45, 7) is 5.19. The predicted molar refractivity (Wildman–Crippen MR) is 106 cm³/mol. The average molecular weight is 370 g/mol. The number of hydrogen-bond donors (Lipinski definition) is 2. The highest BCUT2D eigenvalue weighted by Crippen LogP contribution is 2.23. The molecule has 1 saturated carbocycles. The van der Waals surface area contributed by atoms with Crippen LogP contribution in [0.25, 0.3) is 0 Å². The Morgan fingerprint density at radius 2 is 2.33 bits per heavy atom. The van der Waals surface area contributed by atoms with Gasteiger partial charge in [-0.15, -0.1) is 11.3 Å². The first-order valence-corrected chi connectivity index (χ1v) is 11.2. The predicted octanol–water partition coefficient (Wildman–Crippen LogP) is 3.17. The molecule has 24 heavy (non-hydrogen) atoms. The molecule has 136 valence electrons. The van der Waals surface area contributed by atoms with Crippen molar-refractivity contribution >= 4 is 28.1 Å². The number of aliphatic imine (C=N–C) groups is 1. The van der Waals surface area contributed by atoms with Crippen LogP contribution in [0.4, 0.5) is 0 Å². The summed E-state index contributed by atoms with van der Waals surface area (Å²) in [6.07, 6.45) is 5.49. The van der Waals surface area contributed by atoms with E-state index in [0.29, 0.717) is 17.2 Å². The Morgan fingerprint density at radius 3 is 3.00 bits per heavy atom. The summed E-state index contributed by atoms with van der Waals surface area (Å²) in [5.74, 6) is 2.21. The maximum absolute atomic E-state index is 12.1. The molecule has 1 aromatic rings. The SMILES string of the molecule is CCS(=O)C1CCCC(NC(=NC)NCC(C)Cc2cccs2)C1. The highest BCUT2D eigenvalue weighted by atomic mass is 32.2. The fraction of sp³-hybridized carbons (Fsp3) is 0.722. The van der Waals surface area contributed by atoms with E-state index in [4.69, 9.17) is 0 Å². The van der Waals surface area contributed by atoms with Gasteiger partial charge in [-0.1, -0.05) is 26.3 Å². The van der Waals surface area contributed by atoms with E-state index < -0.39 is 10.8 Å². The summed E-state index contributed by atoms with van der Waals surface area (Å²) in [4.78, 5) is 5.80. The van der Waals surface area contributed by atoms with Crippen LogP contribution in [0.2, 0.25) is 0 Å². The second-order valence-electron chi connectivity index (χ2n) is 6.64. The van der Waals surface area contributed by atoms with Crippen molar-refractivity contribution in [3.63, 3.8) is 0 Å². The van der Waals surface area contributed by atoms with Crippen LogP contribution in [0.15, 0.2) is 22.5 Å². The minimum Gasteiger partial charge on any atom is -0.356 e. The Labute approximate surface area is 153 Å². The van der Waals surface area contributed by atoms with Crippen LogP contribution in [-0.2, 0) is 17.2 Å². The Morgan fingerprint density at radius 1 is 1.50 bits per heavy atom. The van der Waals surface area contributed by atoms with Crippen LogP contribution >= 0.6 is 11.3 Å². The first-order valence-electron chi connectivity index (χ1n) is 8.99. The third-order valence-electron chi connectivity index (χ3n) is 4.59. The van der Waals surface area contributed by atoms with Crippen LogP contribution < -0.4 is 10.6 Å². The molecule has 1 aliphatic carbocycles. The Bertz CT molecular complexity index is 530. The molecule has 2 rings (SSSR count). The molecule has 0 aliphatic heterocycles. The van der Waals surface area contributed by atoms with E-state index in [0.717, 1.165) is 50.4 Å². The Hall–Kier alpha value is -0.880. The topological polar surface area (TPSA) is 53.5 Å². The molecular weight excluding hydrogens is 338 g/mol. The first kappa shape index (κ1) is 19.4. The Balaban J connectivity index is 1.76. The highest BCUT2D eigenvalue weighted by Gasteiger charge is 2.26. The summed E-state index contributed by atoms with van der Waals surface area (Å²) < 4.78 is 12.1. The molecule has 4 atom stereocenters. The van der Waals surface area contributed by atoms with E-state index in [9.17, 15) is 4.21 Å². The molecule has 0 bridgehead atoms. The smallest absolute Gasteiger partial charge is 0.191 e. The molecule has 0 spiro atoms. The van der Waals surface area contributed by atoms with E-state index in [1.54, 1.807) is 0 Å². The third-order valence-corrected chi connectivity index (χ3v) is 7.23. The van der Waals surface area contributed by atoms with Crippen LogP contribution in [0.3, 0.4) is 0 Å². The number of nitrogens with zero attached hydrogens (tertiary/aromatic N) is 1. The zero-order chi connectivity index (χ0) is 17.4. The summed E-state index contributed by atoms with van der Waals surface area (Å²) in [5.41, 5.74) is 0. The van der Waals surface area contributed by atoms with Gasteiger partial charge < -0.3 is 10.6 Å². The molecule has 0 saturated heterocycles. The van der Waals surface area contributed by atoms with E-state index in [2.05, 4.69) is 40.1 Å². The van der Waals surface area contributed by atoms with E-state index in [1.807, 2.05) is 25.3 Å². The van der Waals surface area contributed by atoms with Crippen molar-refractivity contribution in [1.29, 1.82) is 0 Å². The van der Waals surface area contributed by atoms with E-state index in [1.165, 1.54) is 4.88 Å². The van der Waals surface area contributed by atoms with Gasteiger partial charge in [0.05, 0.1) is 0 Å². The standard InChI is InChI=1S/C18H31N3OS2/c1-4-24(22)17-9-5-7-15(12-17)21-18(19-3)20-13-14(2)11-16-8-6-10-23-16/h6,8,10,14-15,17H,4-5,7,9,11-13H2,1-3H3,(H2,19,20,21). The lowest BCUT2D eigenvalue weighted by atomic mass is 9.95. The summed E-state index contributed by atoms with van der Waals surface area (Å²) in [6, 6.07) is 4.70. The van der Waals surface area contributed by atoms with Gasteiger partial charge in [-0.25, -0.2) is 0 Å². The number of rotatable bonds is 7. The van der Waals surface area contributed by atoms with Crippen molar-refractivity contribution < 1.29 is 4.21 Å². The molecule has 4 unspecified atom stereocenters. The van der Waals surface area contributed by atoms with E-state index >= 15 is 0 Å². The number of thiophene rings is 1. The first-order chi connectivity index (χ1) is 11.6. The van der Waals surface area contributed by atoms with Crippen molar-refractivity contribution in [2.45, 2.75) is 57.2 Å². The van der Waals surface area contributed by atoms with Gasteiger partial charge >= 0.3 is 0 Å². The maximum atomic E-state index is 12.1. The monoisotopic (exact) mass is 369 g/mol. The fourth-order valence-electron chi connectivity index (χ4n) is 3.25. The number of nitrogens with one attached hydrogen (secondary N) is 2. The molecule has 1 aromatic heterocycles. The lowest BCUT2D eigenvalue weighted by Gasteiger charge is -2.30. The lowest BCUT2D eigenvalue weighted by Crippen LogP contribution is -2.47. The molecule has 4 nitrogen and oxygen atoms in total. The lowest BCUT2D eigenvalue weighted by molar-refractivity contribution is 0.412. The summed E-state index contributed by atoms with van der Waals surface area (Å²) >= 11 is 1.82. The summed E-state index contributed by atoms with van der Waals surface area (Å²) in [7, 11) is 1.14. The van der Waals surface area contributed by atoms with Gasteiger partial charge in [0.15, 0.2) is 5.96 Å². The van der Waals surface area contributed by atoms with Crippen LogP contribution in [0.5, 0.6) is 0 Å². The highest BCUT2D eigenvalue weighted by molar-refractivity contribution is 7.85. The summed E-state index contributed by atoms with van der Waals surface area (Å²) in [5, 5.41) is 9.47. The van der Waals surface area contributed by atoms with Crippen LogP contribution in [-0.4, -0.2) is 40.8 Å². The molecule has 1 fully saturated rings. The van der Waals surface area contributed by atoms with Crippen LogP contribution in [0, 0.1) is 5.92 Å². The number of hydrogen-bond acceptors (Lipinski definition) is 3. The van der Waals surface area contributed by atoms with Crippen molar-refractivity contribution in [3.05, 3.63) is 22.4 Å². The molecule has 0 amide bonds. The maximum Gasteiger partial charge on any atom is 0.191 e. The zero-order valence-corrected chi connectivity index (χ0v) is 16.7. The van der Waals surface area contributed by atoms with Crippen molar-refractivity contribution in [3.8, 4) is 0 Å². The minimum absolute atomic E-state index is 0.345. The molecule has 2 N–H and O–H groups in total. The van der Waals surface area contributed by atoms with Gasteiger partial charge in [-0.3, -0.25) is 9.20 Å². The van der Waals surface area contributed by atoms with Gasteiger partial charge in [-0.05, 0) is 43.0 Å². The molecule has 0 radical (unpaired) electrons. The molecular formula is C18H31N3OS2. The van der Waals surface area contributed by atoms with E-state index in [-0.39, 0.29) is 0 Å². The largest absolute Gasteiger partial charge is 0.356 e. The molecule has 1 aliphatic rings. The van der Waals surface area contributed by atoms with Crippen LogP contribution in [0.1, 0.15) is 44.4 Å². The molecule has 6 heteroatoms.